The summed E-state index contributed by atoms with van der Waals surface area (Å²) in [6.45, 7) is 5.49. The van der Waals surface area contributed by atoms with Crippen molar-refractivity contribution < 1.29 is 4.79 Å². The molecule has 3 N–H and O–H groups in total. The third-order valence-corrected chi connectivity index (χ3v) is 4.01. The fourth-order valence-corrected chi connectivity index (χ4v) is 2.97. The molecule has 1 atom stereocenters. The monoisotopic (exact) mass is 260 g/mol. The second kappa shape index (κ2) is 5.74. The highest BCUT2D eigenvalue weighted by Gasteiger charge is 2.27. The van der Waals surface area contributed by atoms with Crippen molar-refractivity contribution in [3.8, 4) is 0 Å². The zero-order valence-corrected chi connectivity index (χ0v) is 11.9. The Labute approximate surface area is 115 Å². The van der Waals surface area contributed by atoms with Crippen molar-refractivity contribution in [2.75, 3.05) is 0 Å². The molecule has 2 rings (SSSR count). The lowest BCUT2D eigenvalue weighted by Gasteiger charge is -2.35. The van der Waals surface area contributed by atoms with Crippen molar-refractivity contribution in [3.63, 3.8) is 0 Å². The summed E-state index contributed by atoms with van der Waals surface area (Å²) in [5.41, 5.74) is 7.46. The van der Waals surface area contributed by atoms with Gasteiger partial charge in [-0.2, -0.15) is 0 Å². The molecule has 0 bridgehead atoms. The number of nitrogens with one attached hydrogen (secondary N) is 1. The number of amides is 1. The molecule has 1 aliphatic carbocycles. The molecule has 0 radical (unpaired) electrons. The summed E-state index contributed by atoms with van der Waals surface area (Å²) < 4.78 is 0. The van der Waals surface area contributed by atoms with Crippen LogP contribution in [0.4, 0.5) is 0 Å². The summed E-state index contributed by atoms with van der Waals surface area (Å²) in [5.74, 6) is -0.361. The molecule has 3 nitrogen and oxygen atoms in total. The van der Waals surface area contributed by atoms with Crippen molar-refractivity contribution in [2.24, 2.45) is 11.1 Å². The van der Waals surface area contributed by atoms with E-state index in [9.17, 15) is 4.79 Å². The van der Waals surface area contributed by atoms with Gasteiger partial charge in [0, 0.05) is 18.2 Å². The Morgan fingerprint density at radius 1 is 1.47 bits per heavy atom. The van der Waals surface area contributed by atoms with E-state index in [1.54, 1.807) is 6.07 Å². The minimum absolute atomic E-state index is 0.361. The predicted molar refractivity (Wildman–Crippen MR) is 77.8 cm³/mol. The maximum Gasteiger partial charge on any atom is 0.248 e. The lowest BCUT2D eigenvalue weighted by atomic mass is 9.75. The van der Waals surface area contributed by atoms with Gasteiger partial charge < -0.3 is 11.1 Å². The number of hydrogen-bond acceptors (Lipinski definition) is 2. The number of carbonyl (C=O) groups is 1. The fourth-order valence-electron chi connectivity index (χ4n) is 2.97. The number of benzene rings is 1. The first kappa shape index (κ1) is 14.1. The van der Waals surface area contributed by atoms with Gasteiger partial charge in [-0.25, -0.2) is 0 Å². The lowest BCUT2D eigenvalue weighted by molar-refractivity contribution is 0.1000. The number of rotatable bonds is 4. The second-order valence-corrected chi connectivity index (χ2v) is 6.40. The maximum atomic E-state index is 11.1. The summed E-state index contributed by atoms with van der Waals surface area (Å²) in [6, 6.07) is 8.15. The van der Waals surface area contributed by atoms with Crippen LogP contribution in [-0.2, 0) is 6.54 Å². The van der Waals surface area contributed by atoms with Gasteiger partial charge in [0.05, 0.1) is 0 Å². The van der Waals surface area contributed by atoms with Crippen LogP contribution in [0, 0.1) is 5.41 Å². The van der Waals surface area contributed by atoms with Gasteiger partial charge in [0.1, 0.15) is 0 Å². The van der Waals surface area contributed by atoms with E-state index in [4.69, 9.17) is 5.73 Å². The molecule has 3 heteroatoms. The Balaban J connectivity index is 1.91. The van der Waals surface area contributed by atoms with Gasteiger partial charge >= 0.3 is 0 Å². The molecule has 1 aromatic rings. The van der Waals surface area contributed by atoms with Crippen LogP contribution >= 0.6 is 0 Å². The predicted octanol–water partition coefficient (Wildman–Crippen LogP) is 2.84. The van der Waals surface area contributed by atoms with E-state index < -0.39 is 0 Å². The number of primary amides is 1. The SMILES string of the molecule is CC1(C)CCCC(NCc2cccc(C(N)=O)c2)C1. The summed E-state index contributed by atoms with van der Waals surface area (Å²) in [5, 5.41) is 3.61. The van der Waals surface area contributed by atoms with Gasteiger partial charge in [0.15, 0.2) is 0 Å². The van der Waals surface area contributed by atoms with Gasteiger partial charge in [-0.15, -0.1) is 0 Å². The third-order valence-electron chi connectivity index (χ3n) is 4.01. The molecule has 0 saturated heterocycles. The van der Waals surface area contributed by atoms with Crippen molar-refractivity contribution in [3.05, 3.63) is 35.4 Å². The number of carbonyl (C=O) groups excluding carboxylic acids is 1. The number of hydrogen-bond donors (Lipinski definition) is 2. The smallest absolute Gasteiger partial charge is 0.248 e. The van der Waals surface area contributed by atoms with E-state index in [0.717, 1.165) is 12.1 Å². The van der Waals surface area contributed by atoms with Crippen molar-refractivity contribution in [2.45, 2.75) is 52.1 Å². The van der Waals surface area contributed by atoms with Gasteiger partial charge in [-0.3, -0.25) is 4.79 Å². The Hall–Kier alpha value is -1.35. The van der Waals surface area contributed by atoms with Crippen molar-refractivity contribution in [1.82, 2.24) is 5.32 Å². The largest absolute Gasteiger partial charge is 0.366 e. The third kappa shape index (κ3) is 4.06. The van der Waals surface area contributed by atoms with E-state index in [0.29, 0.717) is 17.0 Å². The van der Waals surface area contributed by atoms with Gasteiger partial charge in [-0.1, -0.05) is 32.4 Å². The second-order valence-electron chi connectivity index (χ2n) is 6.40. The van der Waals surface area contributed by atoms with Crippen LogP contribution in [0.1, 0.15) is 55.5 Å². The molecule has 1 fully saturated rings. The molecule has 1 saturated carbocycles. The summed E-state index contributed by atoms with van der Waals surface area (Å²) in [7, 11) is 0. The van der Waals surface area contributed by atoms with Gasteiger partial charge in [-0.05, 0) is 42.4 Å². The first-order valence-electron chi connectivity index (χ1n) is 7.08. The Kier molecular flexibility index (Phi) is 4.25. The quantitative estimate of drug-likeness (QED) is 0.874. The minimum atomic E-state index is -0.361. The summed E-state index contributed by atoms with van der Waals surface area (Å²) in [6.07, 6.45) is 5.09. The fraction of sp³-hybridized carbons (Fsp3) is 0.562. The lowest BCUT2D eigenvalue weighted by Crippen LogP contribution is -2.36. The average molecular weight is 260 g/mol. The number of nitrogens with two attached hydrogens (primary N) is 1. The molecular formula is C16H24N2O. The van der Waals surface area contributed by atoms with Crippen molar-refractivity contribution >= 4 is 5.91 Å². The topological polar surface area (TPSA) is 55.1 Å². The van der Waals surface area contributed by atoms with Crippen LogP contribution in [-0.4, -0.2) is 11.9 Å². The Morgan fingerprint density at radius 3 is 2.95 bits per heavy atom. The van der Waals surface area contributed by atoms with Crippen molar-refractivity contribution in [1.29, 1.82) is 0 Å². The molecule has 1 aliphatic rings. The molecule has 0 spiro atoms. The molecule has 1 amide bonds. The first-order chi connectivity index (χ1) is 8.96. The highest BCUT2D eigenvalue weighted by atomic mass is 16.1. The summed E-state index contributed by atoms with van der Waals surface area (Å²) in [4.78, 5) is 11.1. The van der Waals surface area contributed by atoms with Crippen LogP contribution in [0.2, 0.25) is 0 Å². The van der Waals surface area contributed by atoms with Crippen LogP contribution < -0.4 is 11.1 Å². The van der Waals surface area contributed by atoms with Crippen LogP contribution in [0.15, 0.2) is 24.3 Å². The van der Waals surface area contributed by atoms with Gasteiger partial charge in [0.2, 0.25) is 5.91 Å². The Morgan fingerprint density at radius 2 is 2.26 bits per heavy atom. The highest BCUT2D eigenvalue weighted by molar-refractivity contribution is 5.92. The molecule has 1 aromatic carbocycles. The standard InChI is InChI=1S/C16H24N2O/c1-16(2)8-4-7-14(10-16)18-11-12-5-3-6-13(9-12)15(17)19/h3,5-6,9,14,18H,4,7-8,10-11H2,1-2H3,(H2,17,19). The summed E-state index contributed by atoms with van der Waals surface area (Å²) >= 11 is 0. The molecule has 0 aromatic heterocycles. The van der Waals surface area contributed by atoms with E-state index in [1.807, 2.05) is 18.2 Å². The van der Waals surface area contributed by atoms with Crippen LogP contribution in [0.3, 0.4) is 0 Å². The van der Waals surface area contributed by atoms with E-state index in [-0.39, 0.29) is 5.91 Å². The molecule has 0 aliphatic heterocycles. The maximum absolute atomic E-state index is 11.1. The van der Waals surface area contributed by atoms with Crippen LogP contribution in [0.25, 0.3) is 0 Å². The van der Waals surface area contributed by atoms with E-state index in [1.165, 1.54) is 25.7 Å². The van der Waals surface area contributed by atoms with E-state index in [2.05, 4.69) is 19.2 Å². The first-order valence-corrected chi connectivity index (χ1v) is 7.08. The van der Waals surface area contributed by atoms with Gasteiger partial charge in [0.25, 0.3) is 0 Å². The highest BCUT2D eigenvalue weighted by Crippen LogP contribution is 2.35. The molecule has 1 unspecified atom stereocenters. The zero-order valence-electron chi connectivity index (χ0n) is 11.9. The molecule has 104 valence electrons. The van der Waals surface area contributed by atoms with E-state index >= 15 is 0 Å². The molecular weight excluding hydrogens is 236 g/mol. The normalized spacial score (nSPS) is 22.1. The average Bonchev–Trinajstić information content (AvgIpc) is 2.35. The Bertz CT molecular complexity index is 454. The molecule has 19 heavy (non-hydrogen) atoms. The zero-order chi connectivity index (χ0) is 13.9. The van der Waals surface area contributed by atoms with Crippen LogP contribution in [0.5, 0.6) is 0 Å². The molecule has 0 heterocycles. The minimum Gasteiger partial charge on any atom is -0.366 e.